The van der Waals surface area contributed by atoms with Crippen LogP contribution in [0.5, 0.6) is 0 Å². The van der Waals surface area contributed by atoms with E-state index in [1.54, 1.807) is 4.40 Å². The van der Waals surface area contributed by atoms with Crippen LogP contribution in [0, 0.1) is 34.5 Å². The molecule has 4 rings (SSSR count). The van der Waals surface area contributed by atoms with E-state index in [-0.39, 0.29) is 33.2 Å². The van der Waals surface area contributed by atoms with E-state index in [4.69, 9.17) is 22.3 Å². The second kappa shape index (κ2) is 9.65. The summed E-state index contributed by atoms with van der Waals surface area (Å²) in [5.41, 5.74) is 9.76. The first-order valence-corrected chi connectivity index (χ1v) is 13.8. The van der Waals surface area contributed by atoms with Crippen molar-refractivity contribution in [3.05, 3.63) is 56.6 Å². The summed E-state index contributed by atoms with van der Waals surface area (Å²) in [5, 5.41) is 10.9. The molecular weight excluding hydrogens is 482 g/mol. The van der Waals surface area contributed by atoms with Crippen molar-refractivity contribution in [2.75, 3.05) is 5.73 Å². The number of nitrogens with zero attached hydrogens (tertiary/aromatic N) is 2. The molecule has 3 N–H and O–H groups in total. The Morgan fingerprint density at radius 1 is 1.08 bits per heavy atom. The molecule has 5 nitrogen and oxygen atoms in total. The van der Waals surface area contributed by atoms with Gasteiger partial charge < -0.3 is 10.8 Å². The van der Waals surface area contributed by atoms with Crippen molar-refractivity contribution in [1.29, 1.82) is 0 Å². The Labute approximate surface area is 225 Å². The van der Waals surface area contributed by atoms with Crippen LogP contribution in [-0.4, -0.2) is 14.5 Å². The lowest BCUT2D eigenvalue weighted by Gasteiger charge is -2.51. The number of halogens is 1. The number of anilines is 1. The third kappa shape index (κ3) is 5.25. The summed E-state index contributed by atoms with van der Waals surface area (Å²) in [6.45, 7) is 18.0. The van der Waals surface area contributed by atoms with Gasteiger partial charge in [-0.2, -0.15) is 0 Å². The van der Waals surface area contributed by atoms with Crippen LogP contribution >= 0.6 is 11.6 Å². The summed E-state index contributed by atoms with van der Waals surface area (Å²) in [6, 6.07) is 7.73. The fourth-order valence-electron chi connectivity index (χ4n) is 6.73. The van der Waals surface area contributed by atoms with Gasteiger partial charge in [0, 0.05) is 22.3 Å². The van der Waals surface area contributed by atoms with Crippen LogP contribution in [0.4, 0.5) is 5.82 Å². The number of nitrogens with two attached hydrogens (primary N) is 1. The molecule has 0 bridgehead atoms. The SMILES string of the molecule is C/C(O)=c1/c(N)nc2c(CC3C(C(C)(C)C)CC(C)CC3C(C)(C)C)c(-c3ccc(Cl)cc3)cn2c1=O. The molecule has 2 heterocycles. The van der Waals surface area contributed by atoms with Crippen molar-refractivity contribution in [3.63, 3.8) is 0 Å². The average Bonchev–Trinajstić information content (AvgIpc) is 3.12. The highest BCUT2D eigenvalue weighted by atomic mass is 35.5. The minimum atomic E-state index is -0.346. The Hall–Kier alpha value is -2.53. The molecule has 0 aliphatic heterocycles. The van der Waals surface area contributed by atoms with E-state index in [1.165, 1.54) is 19.8 Å². The van der Waals surface area contributed by atoms with Crippen LogP contribution in [0.1, 0.15) is 73.8 Å². The summed E-state index contributed by atoms with van der Waals surface area (Å²) in [7, 11) is 0. The van der Waals surface area contributed by atoms with E-state index >= 15 is 0 Å². The molecule has 3 aromatic rings. The predicted octanol–water partition coefficient (Wildman–Crippen LogP) is 6.92. The first-order chi connectivity index (χ1) is 17.1. The van der Waals surface area contributed by atoms with Gasteiger partial charge in [0.1, 0.15) is 22.4 Å². The van der Waals surface area contributed by atoms with Gasteiger partial charge in [-0.1, -0.05) is 72.2 Å². The summed E-state index contributed by atoms with van der Waals surface area (Å²) in [6.07, 6.45) is 5.04. The molecule has 6 heteroatoms. The summed E-state index contributed by atoms with van der Waals surface area (Å²) < 4.78 is 1.56. The molecule has 1 aliphatic carbocycles. The third-order valence-corrected chi connectivity index (χ3v) is 8.78. The molecule has 2 atom stereocenters. The normalized spacial score (nSPS) is 23.9. The zero-order valence-corrected chi connectivity index (χ0v) is 24.3. The number of hydrogen-bond donors (Lipinski definition) is 2. The van der Waals surface area contributed by atoms with E-state index < -0.39 is 0 Å². The van der Waals surface area contributed by atoms with Gasteiger partial charge in [-0.25, -0.2) is 4.98 Å². The van der Waals surface area contributed by atoms with Crippen molar-refractivity contribution in [2.45, 2.75) is 74.7 Å². The summed E-state index contributed by atoms with van der Waals surface area (Å²) in [5.74, 6) is 2.06. The maximum absolute atomic E-state index is 13.5. The Morgan fingerprint density at radius 3 is 2.11 bits per heavy atom. The van der Waals surface area contributed by atoms with Crippen molar-refractivity contribution < 1.29 is 5.11 Å². The average molecular weight is 524 g/mol. The molecule has 0 spiro atoms. The van der Waals surface area contributed by atoms with E-state index in [9.17, 15) is 9.90 Å². The van der Waals surface area contributed by atoms with Gasteiger partial charge in [0.25, 0.3) is 5.56 Å². The smallest absolute Gasteiger partial charge is 0.270 e. The van der Waals surface area contributed by atoms with Gasteiger partial charge in [0.15, 0.2) is 0 Å². The molecule has 200 valence electrons. The zero-order chi connectivity index (χ0) is 27.4. The number of rotatable bonds is 3. The lowest BCUT2D eigenvalue weighted by Crippen LogP contribution is -2.44. The van der Waals surface area contributed by atoms with E-state index in [0.29, 0.717) is 34.3 Å². The number of aliphatic hydroxyl groups is 1. The molecule has 2 aromatic heterocycles. The fraction of sp³-hybridized carbons (Fsp3) is 0.548. The highest BCUT2D eigenvalue weighted by Crippen LogP contribution is 2.53. The van der Waals surface area contributed by atoms with Gasteiger partial charge in [-0.3, -0.25) is 9.20 Å². The predicted molar refractivity (Wildman–Crippen MR) is 155 cm³/mol. The van der Waals surface area contributed by atoms with Crippen LogP contribution in [0.3, 0.4) is 0 Å². The first kappa shape index (κ1) is 27.5. The van der Waals surface area contributed by atoms with E-state index in [0.717, 1.165) is 23.1 Å². The van der Waals surface area contributed by atoms with Gasteiger partial charge in [-0.15, -0.1) is 0 Å². The third-order valence-electron chi connectivity index (χ3n) is 8.52. The van der Waals surface area contributed by atoms with E-state index in [1.807, 2.05) is 30.5 Å². The van der Waals surface area contributed by atoms with Crippen molar-refractivity contribution >= 4 is 28.8 Å². The van der Waals surface area contributed by atoms with Crippen molar-refractivity contribution in [2.24, 2.45) is 34.5 Å². The topological polar surface area (TPSA) is 80.6 Å². The minimum absolute atomic E-state index is 0.0586. The largest absolute Gasteiger partial charge is 0.512 e. The van der Waals surface area contributed by atoms with Gasteiger partial charge >= 0.3 is 0 Å². The van der Waals surface area contributed by atoms with Crippen LogP contribution in [0.25, 0.3) is 22.5 Å². The second-order valence-corrected chi connectivity index (χ2v) is 13.8. The number of aliphatic hydroxyl groups excluding tert-OH is 1. The molecule has 0 amide bonds. The summed E-state index contributed by atoms with van der Waals surface area (Å²) >= 11 is 6.21. The number of nitrogen functional groups attached to an aromatic ring is 1. The molecule has 2 unspecified atom stereocenters. The number of fused-ring (bicyclic) bond motifs is 1. The molecule has 1 fully saturated rings. The summed E-state index contributed by atoms with van der Waals surface area (Å²) in [4.78, 5) is 18.2. The lowest BCUT2D eigenvalue weighted by molar-refractivity contribution is -0.0137. The Morgan fingerprint density at radius 2 is 1.62 bits per heavy atom. The van der Waals surface area contributed by atoms with Crippen LogP contribution < -0.4 is 16.5 Å². The highest BCUT2D eigenvalue weighted by molar-refractivity contribution is 6.30. The molecule has 1 saturated carbocycles. The minimum Gasteiger partial charge on any atom is -0.512 e. The quantitative estimate of drug-likeness (QED) is 0.390. The Kier molecular flexibility index (Phi) is 7.17. The van der Waals surface area contributed by atoms with Gasteiger partial charge in [0.05, 0.1) is 0 Å². The molecule has 1 aromatic carbocycles. The fourth-order valence-corrected chi connectivity index (χ4v) is 6.86. The number of benzene rings is 1. The molecular formula is C31H42ClN3O2. The maximum atomic E-state index is 13.5. The highest BCUT2D eigenvalue weighted by Gasteiger charge is 2.46. The lowest BCUT2D eigenvalue weighted by atomic mass is 9.54. The zero-order valence-electron chi connectivity index (χ0n) is 23.5. The molecule has 0 radical (unpaired) electrons. The standard InChI is InChI=1S/C31H42ClN3O2/c1-17-13-24(30(3,4)5)22(25(14-17)31(6,7)8)15-21-23(19-9-11-20(32)12-10-19)16-35-28(21)34-27(33)26(18(2)36)29(35)37/h9-12,16-17,22,24-25,36H,13-15H2,1-8H3,(H2,33,34)/b26-18+. The Balaban J connectivity index is 2.00. The van der Waals surface area contributed by atoms with Crippen molar-refractivity contribution in [1.82, 2.24) is 9.38 Å². The molecule has 1 aliphatic rings. The number of hydrogen-bond acceptors (Lipinski definition) is 4. The monoisotopic (exact) mass is 523 g/mol. The van der Waals surface area contributed by atoms with Crippen LogP contribution in [0.15, 0.2) is 35.3 Å². The Bertz CT molecular complexity index is 1380. The maximum Gasteiger partial charge on any atom is 0.270 e. The first-order valence-electron chi connectivity index (χ1n) is 13.4. The molecule has 0 saturated heterocycles. The van der Waals surface area contributed by atoms with Crippen LogP contribution in [-0.2, 0) is 6.42 Å². The van der Waals surface area contributed by atoms with Crippen molar-refractivity contribution in [3.8, 4) is 11.1 Å². The molecule has 37 heavy (non-hydrogen) atoms. The van der Waals surface area contributed by atoms with Crippen LogP contribution in [0.2, 0.25) is 5.02 Å². The van der Waals surface area contributed by atoms with Gasteiger partial charge in [0.2, 0.25) is 0 Å². The van der Waals surface area contributed by atoms with E-state index in [2.05, 4.69) is 48.5 Å². The second-order valence-electron chi connectivity index (χ2n) is 13.4. The number of aromatic nitrogens is 2. The van der Waals surface area contributed by atoms with Gasteiger partial charge in [-0.05, 0) is 78.4 Å².